The van der Waals surface area contributed by atoms with Crippen molar-refractivity contribution in [2.24, 2.45) is 0 Å². The van der Waals surface area contributed by atoms with Gasteiger partial charge in [0.05, 0.1) is 16.8 Å². The summed E-state index contributed by atoms with van der Waals surface area (Å²) < 4.78 is 1.71. The molecule has 0 fully saturated rings. The molecule has 4 rings (SSSR count). The first-order valence-electron chi connectivity index (χ1n) is 7.01. The quantitative estimate of drug-likeness (QED) is 0.580. The zero-order valence-electron chi connectivity index (χ0n) is 12.3. The monoisotopic (exact) mass is 320 g/mol. The molecule has 0 aliphatic rings. The molecule has 7 heteroatoms. The molecule has 0 saturated carbocycles. The number of nitrogens with zero attached hydrogens (tertiary/aromatic N) is 6. The van der Waals surface area contributed by atoms with Crippen molar-refractivity contribution in [1.29, 1.82) is 0 Å². The van der Waals surface area contributed by atoms with Crippen LogP contribution in [0.1, 0.15) is 5.69 Å². The minimum atomic E-state index is 0.688. The van der Waals surface area contributed by atoms with E-state index < -0.39 is 0 Å². The van der Waals surface area contributed by atoms with Crippen LogP contribution >= 0.6 is 11.3 Å². The highest BCUT2D eigenvalue weighted by molar-refractivity contribution is 7.18. The fourth-order valence-corrected chi connectivity index (χ4v) is 3.25. The van der Waals surface area contributed by atoms with Crippen LogP contribution in [0, 0.1) is 6.92 Å². The smallest absolute Gasteiger partial charge is 0.171 e. The van der Waals surface area contributed by atoms with Gasteiger partial charge >= 0.3 is 0 Å². The van der Waals surface area contributed by atoms with Crippen molar-refractivity contribution in [3.8, 4) is 27.0 Å². The second-order valence-electron chi connectivity index (χ2n) is 4.88. The van der Waals surface area contributed by atoms with Crippen LogP contribution in [0.25, 0.3) is 27.0 Å². The lowest BCUT2D eigenvalue weighted by molar-refractivity contribution is 0.841. The van der Waals surface area contributed by atoms with E-state index >= 15 is 0 Å². The van der Waals surface area contributed by atoms with E-state index in [1.807, 2.05) is 37.5 Å². The number of hydrogen-bond donors (Lipinski definition) is 0. The van der Waals surface area contributed by atoms with Crippen LogP contribution in [0.2, 0.25) is 0 Å². The summed E-state index contributed by atoms with van der Waals surface area (Å²) in [5.41, 5.74) is 2.85. The van der Waals surface area contributed by atoms with E-state index in [9.17, 15) is 0 Å². The second-order valence-corrected chi connectivity index (χ2v) is 5.88. The molecule has 112 valence electrons. The van der Waals surface area contributed by atoms with Crippen molar-refractivity contribution in [3.05, 3.63) is 61.1 Å². The standard InChI is InChI=1S/C16H12N6S/c1-11-15(23-16(20-11)12-3-2-5-17-9-12)13-4-8-22(21-13)14-10-18-6-7-19-14/h2-10H,1H3. The fraction of sp³-hybridized carbons (Fsp3) is 0.0625. The maximum absolute atomic E-state index is 4.64. The van der Waals surface area contributed by atoms with Crippen LogP contribution in [-0.2, 0) is 0 Å². The van der Waals surface area contributed by atoms with Crippen LogP contribution in [0.3, 0.4) is 0 Å². The molecular weight excluding hydrogens is 308 g/mol. The molecule has 4 aromatic heterocycles. The molecule has 0 aliphatic heterocycles. The van der Waals surface area contributed by atoms with Gasteiger partial charge in [0.15, 0.2) is 5.82 Å². The molecule has 0 aliphatic carbocycles. The molecule has 0 saturated heterocycles. The first-order valence-corrected chi connectivity index (χ1v) is 7.83. The third kappa shape index (κ3) is 2.62. The summed E-state index contributed by atoms with van der Waals surface area (Å²) in [5.74, 6) is 0.688. The van der Waals surface area contributed by atoms with E-state index in [0.29, 0.717) is 5.82 Å². The molecule has 0 unspecified atom stereocenters. The van der Waals surface area contributed by atoms with E-state index in [0.717, 1.165) is 26.8 Å². The Hall–Kier alpha value is -2.93. The van der Waals surface area contributed by atoms with Gasteiger partial charge in [0.1, 0.15) is 10.7 Å². The zero-order chi connectivity index (χ0) is 15.6. The average Bonchev–Trinajstić information content (AvgIpc) is 3.23. The maximum atomic E-state index is 4.64. The first kappa shape index (κ1) is 13.7. The van der Waals surface area contributed by atoms with Gasteiger partial charge in [-0.2, -0.15) is 5.10 Å². The molecule has 0 N–H and O–H groups in total. The number of thiazole rings is 1. The van der Waals surface area contributed by atoms with Crippen molar-refractivity contribution in [3.63, 3.8) is 0 Å². The number of pyridine rings is 1. The summed E-state index contributed by atoms with van der Waals surface area (Å²) in [6.07, 6.45) is 10.4. The molecule has 0 atom stereocenters. The van der Waals surface area contributed by atoms with Crippen LogP contribution in [0.4, 0.5) is 0 Å². The Morgan fingerprint density at radius 1 is 1.04 bits per heavy atom. The molecule has 0 amide bonds. The van der Waals surface area contributed by atoms with Gasteiger partial charge in [-0.3, -0.25) is 9.97 Å². The number of hydrogen-bond acceptors (Lipinski definition) is 6. The van der Waals surface area contributed by atoms with Crippen molar-refractivity contribution in [1.82, 2.24) is 29.7 Å². The first-order chi connectivity index (χ1) is 11.3. The Morgan fingerprint density at radius 3 is 2.74 bits per heavy atom. The van der Waals surface area contributed by atoms with E-state index in [2.05, 4.69) is 25.0 Å². The van der Waals surface area contributed by atoms with Crippen LogP contribution < -0.4 is 0 Å². The lowest BCUT2D eigenvalue weighted by Crippen LogP contribution is -1.98. The van der Waals surface area contributed by atoms with Crippen LogP contribution in [0.15, 0.2) is 55.4 Å². The SMILES string of the molecule is Cc1nc(-c2cccnc2)sc1-c1ccn(-c2cnccn2)n1. The predicted molar refractivity (Wildman–Crippen MR) is 88.2 cm³/mol. The summed E-state index contributed by atoms with van der Waals surface area (Å²) in [5, 5.41) is 5.53. The maximum Gasteiger partial charge on any atom is 0.171 e. The molecule has 4 heterocycles. The van der Waals surface area contributed by atoms with Gasteiger partial charge < -0.3 is 0 Å². The molecule has 6 nitrogen and oxygen atoms in total. The fourth-order valence-electron chi connectivity index (χ4n) is 2.23. The summed E-state index contributed by atoms with van der Waals surface area (Å²) in [7, 11) is 0. The third-order valence-corrected chi connectivity index (χ3v) is 4.54. The van der Waals surface area contributed by atoms with Gasteiger partial charge in [-0.05, 0) is 25.1 Å². The van der Waals surface area contributed by atoms with Gasteiger partial charge in [-0.15, -0.1) is 11.3 Å². The van der Waals surface area contributed by atoms with Gasteiger partial charge in [0, 0.05) is 36.5 Å². The van der Waals surface area contributed by atoms with E-state index in [4.69, 9.17) is 0 Å². The minimum absolute atomic E-state index is 0.688. The van der Waals surface area contributed by atoms with Crippen molar-refractivity contribution >= 4 is 11.3 Å². The molecule has 0 radical (unpaired) electrons. The van der Waals surface area contributed by atoms with E-state index in [-0.39, 0.29) is 0 Å². The molecule has 0 bridgehead atoms. The van der Waals surface area contributed by atoms with E-state index in [1.54, 1.807) is 40.8 Å². The van der Waals surface area contributed by atoms with Crippen molar-refractivity contribution in [2.45, 2.75) is 6.92 Å². The van der Waals surface area contributed by atoms with Gasteiger partial charge in [-0.1, -0.05) is 0 Å². The number of aryl methyl sites for hydroxylation is 1. The Kier molecular flexibility index (Phi) is 3.39. The third-order valence-electron chi connectivity index (χ3n) is 3.31. The van der Waals surface area contributed by atoms with Crippen LogP contribution in [0.5, 0.6) is 0 Å². The predicted octanol–water partition coefficient (Wildman–Crippen LogP) is 3.16. The molecule has 23 heavy (non-hydrogen) atoms. The largest absolute Gasteiger partial charge is 0.264 e. The summed E-state index contributed by atoms with van der Waals surface area (Å²) in [6.45, 7) is 1.99. The Balaban J connectivity index is 1.72. The van der Waals surface area contributed by atoms with E-state index in [1.165, 1.54) is 0 Å². The minimum Gasteiger partial charge on any atom is -0.264 e. The second kappa shape index (κ2) is 5.69. The summed E-state index contributed by atoms with van der Waals surface area (Å²) >= 11 is 1.61. The highest BCUT2D eigenvalue weighted by Gasteiger charge is 2.14. The normalized spacial score (nSPS) is 10.8. The summed E-state index contributed by atoms with van der Waals surface area (Å²) in [4.78, 5) is 18.1. The highest BCUT2D eigenvalue weighted by atomic mass is 32.1. The Morgan fingerprint density at radius 2 is 1.96 bits per heavy atom. The van der Waals surface area contributed by atoms with Gasteiger partial charge in [-0.25, -0.2) is 14.6 Å². The lowest BCUT2D eigenvalue weighted by atomic mass is 10.3. The zero-order valence-corrected chi connectivity index (χ0v) is 13.1. The lowest BCUT2D eigenvalue weighted by Gasteiger charge is -1.97. The van der Waals surface area contributed by atoms with Crippen LogP contribution in [-0.4, -0.2) is 29.7 Å². The number of rotatable bonds is 3. The summed E-state index contributed by atoms with van der Waals surface area (Å²) in [6, 6.07) is 5.88. The Labute approximate surface area is 136 Å². The molecule has 0 spiro atoms. The molecular formula is C16H12N6S. The van der Waals surface area contributed by atoms with Crippen molar-refractivity contribution < 1.29 is 0 Å². The van der Waals surface area contributed by atoms with Crippen molar-refractivity contribution in [2.75, 3.05) is 0 Å². The molecule has 4 aromatic rings. The Bertz CT molecular complexity index is 930. The number of aromatic nitrogens is 6. The van der Waals surface area contributed by atoms with Gasteiger partial charge in [0.25, 0.3) is 0 Å². The topological polar surface area (TPSA) is 69.4 Å². The molecule has 0 aromatic carbocycles. The van der Waals surface area contributed by atoms with Gasteiger partial charge in [0.2, 0.25) is 0 Å². The average molecular weight is 320 g/mol. The highest BCUT2D eigenvalue weighted by Crippen LogP contribution is 2.34.